The lowest BCUT2D eigenvalue weighted by Gasteiger charge is -2.28. The highest BCUT2D eigenvalue weighted by atomic mass is 19.1. The number of hydrogen-bond donors (Lipinski definition) is 1. The summed E-state index contributed by atoms with van der Waals surface area (Å²) < 4.78 is 27.3. The molecule has 1 fully saturated rings. The highest BCUT2D eigenvalue weighted by Crippen LogP contribution is 2.26. The molecule has 0 saturated carbocycles. The maximum absolute atomic E-state index is 13.8. The largest absolute Gasteiger partial charge is 0.338 e. The molecule has 0 radical (unpaired) electrons. The van der Waals surface area contributed by atoms with Crippen LogP contribution in [0.3, 0.4) is 0 Å². The van der Waals surface area contributed by atoms with Crippen LogP contribution in [0.5, 0.6) is 0 Å². The molecule has 1 heterocycles. The Bertz CT molecular complexity index is 434. The summed E-state index contributed by atoms with van der Waals surface area (Å²) in [6.45, 7) is 2.42. The van der Waals surface area contributed by atoms with Crippen molar-refractivity contribution < 1.29 is 13.6 Å². The van der Waals surface area contributed by atoms with E-state index in [1.807, 2.05) is 0 Å². The lowest BCUT2D eigenvalue weighted by molar-refractivity contribution is 0.242. The molecule has 0 spiro atoms. The molecule has 16 heavy (non-hydrogen) atoms. The predicted octanol–water partition coefficient (Wildman–Crippen LogP) is 2.19. The van der Waals surface area contributed by atoms with E-state index in [4.69, 9.17) is 0 Å². The highest BCUT2D eigenvalue weighted by molar-refractivity contribution is 5.93. The number of amides is 2. The van der Waals surface area contributed by atoms with Gasteiger partial charge in [0, 0.05) is 13.1 Å². The van der Waals surface area contributed by atoms with Crippen LogP contribution in [0.2, 0.25) is 0 Å². The molecule has 1 aliphatic heterocycles. The minimum Gasteiger partial charge on any atom is -0.338 e. The van der Waals surface area contributed by atoms with Gasteiger partial charge in [0.1, 0.15) is 11.5 Å². The molecule has 1 aromatic carbocycles. The smallest absolute Gasteiger partial charge is 0.322 e. The number of aryl methyl sites for hydroxylation is 1. The number of nitrogens with one attached hydrogen (secondary N) is 1. The summed E-state index contributed by atoms with van der Waals surface area (Å²) in [5.41, 5.74) is 0.0759. The van der Waals surface area contributed by atoms with E-state index >= 15 is 0 Å². The van der Waals surface area contributed by atoms with Gasteiger partial charge in [0.05, 0.1) is 0 Å². The highest BCUT2D eigenvalue weighted by Gasteiger charge is 2.25. The van der Waals surface area contributed by atoms with Crippen molar-refractivity contribution in [3.05, 3.63) is 29.3 Å². The van der Waals surface area contributed by atoms with Crippen LogP contribution in [-0.2, 0) is 0 Å². The molecule has 1 aromatic rings. The van der Waals surface area contributed by atoms with Crippen molar-refractivity contribution in [1.29, 1.82) is 0 Å². The van der Waals surface area contributed by atoms with Gasteiger partial charge in [0.15, 0.2) is 5.82 Å². The van der Waals surface area contributed by atoms with E-state index in [0.29, 0.717) is 25.1 Å². The summed E-state index contributed by atoms with van der Waals surface area (Å²) in [4.78, 5) is 12.6. The molecular weight excluding hydrogens is 214 g/mol. The average molecular weight is 226 g/mol. The van der Waals surface area contributed by atoms with E-state index < -0.39 is 17.7 Å². The summed E-state index contributed by atoms with van der Waals surface area (Å²) in [6.07, 6.45) is 0.679. The minimum atomic E-state index is -0.708. The summed E-state index contributed by atoms with van der Waals surface area (Å²) in [5.74, 6) is -1.38. The fourth-order valence-electron chi connectivity index (χ4n) is 1.73. The van der Waals surface area contributed by atoms with Crippen LogP contribution in [0, 0.1) is 18.6 Å². The first-order valence-corrected chi connectivity index (χ1v) is 5.11. The molecule has 1 aliphatic rings. The van der Waals surface area contributed by atoms with Crippen molar-refractivity contribution in [2.75, 3.05) is 18.0 Å². The van der Waals surface area contributed by atoms with Crippen LogP contribution in [0.4, 0.5) is 19.3 Å². The molecule has 1 N–H and O–H groups in total. The van der Waals surface area contributed by atoms with E-state index in [9.17, 15) is 13.6 Å². The summed E-state index contributed by atoms with van der Waals surface area (Å²) in [7, 11) is 0. The third-order valence-corrected chi connectivity index (χ3v) is 2.61. The molecule has 2 rings (SSSR count). The molecular formula is C11H12F2N2O. The quantitative estimate of drug-likeness (QED) is 0.782. The number of carbonyl (C=O) groups is 1. The fraction of sp³-hybridized carbons (Fsp3) is 0.364. The standard InChI is InChI=1S/C11H12F2N2O/c1-7-3-4-8(12)10(9(7)13)15-6-2-5-14-11(15)16/h3-4H,2,5-6H2,1H3,(H,14,16). The normalized spacial score (nSPS) is 16.2. The lowest BCUT2D eigenvalue weighted by atomic mass is 10.1. The maximum atomic E-state index is 13.8. The topological polar surface area (TPSA) is 32.3 Å². The molecule has 0 unspecified atom stereocenters. The Kier molecular flexibility index (Phi) is 2.77. The molecule has 86 valence electrons. The summed E-state index contributed by atoms with van der Waals surface area (Å²) in [6, 6.07) is 2.08. The summed E-state index contributed by atoms with van der Waals surface area (Å²) in [5, 5.41) is 2.56. The van der Waals surface area contributed by atoms with Gasteiger partial charge in [-0.05, 0) is 25.0 Å². The van der Waals surface area contributed by atoms with Gasteiger partial charge in [-0.3, -0.25) is 4.90 Å². The van der Waals surface area contributed by atoms with Gasteiger partial charge < -0.3 is 5.32 Å². The van der Waals surface area contributed by atoms with Gasteiger partial charge in [-0.15, -0.1) is 0 Å². The van der Waals surface area contributed by atoms with Gasteiger partial charge in [-0.1, -0.05) is 6.07 Å². The van der Waals surface area contributed by atoms with E-state index in [2.05, 4.69) is 5.32 Å². The molecule has 0 bridgehead atoms. The van der Waals surface area contributed by atoms with Crippen LogP contribution in [0.25, 0.3) is 0 Å². The maximum Gasteiger partial charge on any atom is 0.322 e. The number of nitrogens with zero attached hydrogens (tertiary/aromatic N) is 1. The Morgan fingerprint density at radius 1 is 1.38 bits per heavy atom. The number of anilines is 1. The molecule has 3 nitrogen and oxygen atoms in total. The van der Waals surface area contributed by atoms with E-state index in [-0.39, 0.29) is 5.69 Å². The van der Waals surface area contributed by atoms with E-state index in [1.165, 1.54) is 12.1 Å². The number of benzene rings is 1. The Labute approximate surface area is 92.1 Å². The number of rotatable bonds is 1. The van der Waals surface area contributed by atoms with Crippen molar-refractivity contribution in [2.24, 2.45) is 0 Å². The monoisotopic (exact) mass is 226 g/mol. The number of urea groups is 1. The SMILES string of the molecule is Cc1ccc(F)c(N2CCCNC2=O)c1F. The fourth-order valence-corrected chi connectivity index (χ4v) is 1.73. The Morgan fingerprint density at radius 2 is 2.12 bits per heavy atom. The first-order chi connectivity index (χ1) is 7.61. The first kappa shape index (κ1) is 10.9. The summed E-state index contributed by atoms with van der Waals surface area (Å²) >= 11 is 0. The Hall–Kier alpha value is -1.65. The van der Waals surface area contributed by atoms with Crippen LogP contribution in [-0.4, -0.2) is 19.1 Å². The Balaban J connectivity index is 2.46. The van der Waals surface area contributed by atoms with Crippen molar-refractivity contribution in [3.8, 4) is 0 Å². The van der Waals surface area contributed by atoms with Crippen molar-refractivity contribution in [2.45, 2.75) is 13.3 Å². The predicted molar refractivity (Wildman–Crippen MR) is 56.5 cm³/mol. The van der Waals surface area contributed by atoms with Gasteiger partial charge in [-0.2, -0.15) is 0 Å². The molecule has 0 atom stereocenters. The molecule has 2 amide bonds. The van der Waals surface area contributed by atoms with E-state index in [0.717, 1.165) is 4.90 Å². The Morgan fingerprint density at radius 3 is 2.81 bits per heavy atom. The number of halogens is 2. The van der Waals surface area contributed by atoms with Crippen LogP contribution in [0.15, 0.2) is 12.1 Å². The average Bonchev–Trinajstić information content (AvgIpc) is 2.27. The second kappa shape index (κ2) is 4.08. The second-order valence-electron chi connectivity index (χ2n) is 3.76. The third-order valence-electron chi connectivity index (χ3n) is 2.61. The second-order valence-corrected chi connectivity index (χ2v) is 3.76. The van der Waals surface area contributed by atoms with Gasteiger partial charge >= 0.3 is 6.03 Å². The zero-order valence-electron chi connectivity index (χ0n) is 8.89. The van der Waals surface area contributed by atoms with Gasteiger partial charge in [0.25, 0.3) is 0 Å². The van der Waals surface area contributed by atoms with Crippen molar-refractivity contribution in [1.82, 2.24) is 5.32 Å². The third kappa shape index (κ3) is 1.73. The molecule has 0 aliphatic carbocycles. The van der Waals surface area contributed by atoms with Gasteiger partial charge in [-0.25, -0.2) is 13.6 Å². The van der Waals surface area contributed by atoms with Crippen molar-refractivity contribution in [3.63, 3.8) is 0 Å². The lowest BCUT2D eigenvalue weighted by Crippen LogP contribution is -2.47. The first-order valence-electron chi connectivity index (χ1n) is 5.11. The van der Waals surface area contributed by atoms with Gasteiger partial charge in [0.2, 0.25) is 0 Å². The zero-order chi connectivity index (χ0) is 11.7. The number of hydrogen-bond acceptors (Lipinski definition) is 1. The van der Waals surface area contributed by atoms with Crippen molar-refractivity contribution >= 4 is 11.7 Å². The number of carbonyl (C=O) groups excluding carboxylic acids is 1. The zero-order valence-corrected chi connectivity index (χ0v) is 8.89. The molecule has 5 heteroatoms. The van der Waals surface area contributed by atoms with Crippen LogP contribution < -0.4 is 10.2 Å². The molecule has 1 saturated heterocycles. The van der Waals surface area contributed by atoms with Crippen LogP contribution in [0.1, 0.15) is 12.0 Å². The minimum absolute atomic E-state index is 0.253. The van der Waals surface area contributed by atoms with E-state index in [1.54, 1.807) is 6.92 Å². The van der Waals surface area contributed by atoms with Crippen LogP contribution >= 0.6 is 0 Å². The molecule has 0 aromatic heterocycles.